The predicted octanol–water partition coefficient (Wildman–Crippen LogP) is 1.42. The lowest BCUT2D eigenvalue weighted by atomic mass is 9.90. The lowest BCUT2D eigenvalue weighted by Crippen LogP contribution is -2.47. The van der Waals surface area contributed by atoms with Crippen molar-refractivity contribution in [3.8, 4) is 0 Å². The molecule has 1 aliphatic carbocycles. The summed E-state index contributed by atoms with van der Waals surface area (Å²) in [6.07, 6.45) is 1.66. The van der Waals surface area contributed by atoms with E-state index in [4.69, 9.17) is 10.5 Å². The van der Waals surface area contributed by atoms with Gasteiger partial charge in [0.25, 0.3) is 0 Å². The quantitative estimate of drug-likeness (QED) is 0.801. The zero-order valence-corrected chi connectivity index (χ0v) is 12.0. The largest absolute Gasteiger partial charge is 0.399 e. The summed E-state index contributed by atoms with van der Waals surface area (Å²) in [6, 6.07) is 4.79. The zero-order chi connectivity index (χ0) is 14.0. The molecule has 1 fully saturated rings. The second kappa shape index (κ2) is 5.48. The Morgan fingerprint density at radius 2 is 2.11 bits per heavy atom. The minimum Gasteiger partial charge on any atom is -0.399 e. The molecule has 0 amide bonds. The molecule has 1 aliphatic rings. The van der Waals surface area contributed by atoms with Crippen molar-refractivity contribution in [2.45, 2.75) is 43.7 Å². The molecule has 0 aromatic heterocycles. The number of nitrogen functional groups attached to an aromatic ring is 1. The highest BCUT2D eigenvalue weighted by Crippen LogP contribution is 2.26. The highest BCUT2D eigenvalue weighted by Gasteiger charge is 2.33. The maximum Gasteiger partial charge on any atom is 0.241 e. The van der Waals surface area contributed by atoms with E-state index in [1.807, 2.05) is 6.92 Å². The van der Waals surface area contributed by atoms with Gasteiger partial charge >= 0.3 is 0 Å². The first-order valence-corrected chi connectivity index (χ1v) is 7.90. The van der Waals surface area contributed by atoms with Crippen LogP contribution in [0.2, 0.25) is 0 Å². The van der Waals surface area contributed by atoms with Crippen LogP contribution in [0.4, 0.5) is 5.69 Å². The Labute approximate surface area is 114 Å². The fourth-order valence-electron chi connectivity index (χ4n) is 2.29. The van der Waals surface area contributed by atoms with Crippen molar-refractivity contribution >= 4 is 15.7 Å². The molecule has 0 aliphatic heterocycles. The van der Waals surface area contributed by atoms with Gasteiger partial charge in [-0.1, -0.05) is 0 Å². The predicted molar refractivity (Wildman–Crippen MR) is 74.3 cm³/mol. The van der Waals surface area contributed by atoms with Crippen molar-refractivity contribution in [2.24, 2.45) is 0 Å². The number of benzene rings is 1. The molecule has 1 aromatic rings. The van der Waals surface area contributed by atoms with Gasteiger partial charge < -0.3 is 10.5 Å². The molecule has 0 spiro atoms. The second-order valence-corrected chi connectivity index (χ2v) is 6.57. The fraction of sp³-hybridized carbons (Fsp3) is 0.538. The molecule has 106 valence electrons. The third kappa shape index (κ3) is 3.26. The van der Waals surface area contributed by atoms with E-state index < -0.39 is 10.0 Å². The van der Waals surface area contributed by atoms with Crippen molar-refractivity contribution in [1.82, 2.24) is 4.72 Å². The Kier molecular flexibility index (Phi) is 4.13. The summed E-state index contributed by atoms with van der Waals surface area (Å²) >= 11 is 0. The standard InChI is InChI=1S/C13H20N2O3S/c1-3-18-12-7-11(8-12)15-19(16,17)13-5-4-10(14)6-9(13)2/h4-6,11-12,15H,3,7-8,14H2,1-2H3. The van der Waals surface area contributed by atoms with E-state index in [1.165, 1.54) is 0 Å². The third-order valence-corrected chi connectivity index (χ3v) is 4.99. The number of aryl methyl sites for hydroxylation is 1. The summed E-state index contributed by atoms with van der Waals surface area (Å²) in [5.74, 6) is 0. The van der Waals surface area contributed by atoms with Gasteiger partial charge in [-0.25, -0.2) is 13.1 Å². The average Bonchev–Trinajstić information content (AvgIpc) is 2.25. The summed E-state index contributed by atoms with van der Waals surface area (Å²) in [4.78, 5) is 0.293. The lowest BCUT2D eigenvalue weighted by molar-refractivity contribution is -0.00475. The molecule has 0 heterocycles. The lowest BCUT2D eigenvalue weighted by Gasteiger charge is -2.35. The van der Waals surface area contributed by atoms with Crippen LogP contribution in [0.3, 0.4) is 0 Å². The molecule has 5 nitrogen and oxygen atoms in total. The molecular weight excluding hydrogens is 264 g/mol. The van der Waals surface area contributed by atoms with E-state index in [2.05, 4.69) is 4.72 Å². The van der Waals surface area contributed by atoms with E-state index in [9.17, 15) is 8.42 Å². The molecule has 0 bridgehead atoms. The van der Waals surface area contributed by atoms with Gasteiger partial charge in [-0.3, -0.25) is 0 Å². The van der Waals surface area contributed by atoms with E-state index >= 15 is 0 Å². The van der Waals surface area contributed by atoms with Gasteiger partial charge in [0.1, 0.15) is 0 Å². The van der Waals surface area contributed by atoms with Crippen molar-refractivity contribution in [2.75, 3.05) is 12.3 Å². The Balaban J connectivity index is 2.03. The number of anilines is 1. The van der Waals surface area contributed by atoms with Gasteiger partial charge in [0.15, 0.2) is 0 Å². The van der Waals surface area contributed by atoms with E-state index in [0.29, 0.717) is 22.8 Å². The molecule has 6 heteroatoms. The summed E-state index contributed by atoms with van der Waals surface area (Å²) < 4.78 is 32.6. The summed E-state index contributed by atoms with van der Waals surface area (Å²) in [6.45, 7) is 4.35. The number of hydrogen-bond acceptors (Lipinski definition) is 4. The molecule has 0 radical (unpaired) electrons. The van der Waals surface area contributed by atoms with Crippen LogP contribution >= 0.6 is 0 Å². The Morgan fingerprint density at radius 3 is 2.68 bits per heavy atom. The van der Waals surface area contributed by atoms with Crippen molar-refractivity contribution in [1.29, 1.82) is 0 Å². The normalized spacial score (nSPS) is 23.1. The highest BCUT2D eigenvalue weighted by atomic mass is 32.2. The monoisotopic (exact) mass is 284 g/mol. The average molecular weight is 284 g/mol. The van der Waals surface area contributed by atoms with E-state index in [1.54, 1.807) is 25.1 Å². The molecule has 1 aromatic carbocycles. The fourth-order valence-corrected chi connectivity index (χ4v) is 3.78. The van der Waals surface area contributed by atoms with Crippen molar-refractivity contribution < 1.29 is 13.2 Å². The van der Waals surface area contributed by atoms with Crippen molar-refractivity contribution in [3.05, 3.63) is 23.8 Å². The summed E-state index contributed by atoms with van der Waals surface area (Å²) in [5.41, 5.74) is 6.86. The number of sulfonamides is 1. The van der Waals surface area contributed by atoms with Crippen molar-refractivity contribution in [3.63, 3.8) is 0 Å². The Bertz CT molecular complexity index is 551. The van der Waals surface area contributed by atoms with Crippen LogP contribution < -0.4 is 10.5 Å². The maximum atomic E-state index is 12.2. The molecule has 0 unspecified atom stereocenters. The second-order valence-electron chi connectivity index (χ2n) is 4.89. The first-order chi connectivity index (χ1) is 8.92. The topological polar surface area (TPSA) is 81.4 Å². The molecular formula is C13H20N2O3S. The number of ether oxygens (including phenoxy) is 1. The van der Waals surface area contributed by atoms with E-state index in [-0.39, 0.29) is 12.1 Å². The smallest absolute Gasteiger partial charge is 0.241 e. The number of hydrogen-bond donors (Lipinski definition) is 2. The first-order valence-electron chi connectivity index (χ1n) is 6.42. The van der Waals surface area contributed by atoms with Crippen LogP contribution in [0.25, 0.3) is 0 Å². The number of nitrogens with two attached hydrogens (primary N) is 1. The highest BCUT2D eigenvalue weighted by molar-refractivity contribution is 7.89. The number of rotatable bonds is 5. The molecule has 2 rings (SSSR count). The SMILES string of the molecule is CCOC1CC(NS(=O)(=O)c2ccc(N)cc2C)C1. The van der Waals surface area contributed by atoms with Crippen LogP contribution in [-0.4, -0.2) is 27.2 Å². The van der Waals surface area contributed by atoms with Gasteiger partial charge in [-0.05, 0) is 50.5 Å². The Morgan fingerprint density at radius 1 is 1.42 bits per heavy atom. The number of nitrogens with one attached hydrogen (secondary N) is 1. The maximum absolute atomic E-state index is 12.2. The zero-order valence-electron chi connectivity index (χ0n) is 11.2. The molecule has 19 heavy (non-hydrogen) atoms. The first kappa shape index (κ1) is 14.3. The Hall–Kier alpha value is -1.11. The van der Waals surface area contributed by atoms with Gasteiger partial charge in [-0.2, -0.15) is 0 Å². The van der Waals surface area contributed by atoms with Gasteiger partial charge in [0.2, 0.25) is 10.0 Å². The van der Waals surface area contributed by atoms with E-state index in [0.717, 1.165) is 12.8 Å². The minimum absolute atomic E-state index is 0.0292. The molecule has 0 atom stereocenters. The summed E-state index contributed by atoms with van der Waals surface area (Å²) in [7, 11) is -3.47. The molecule has 1 saturated carbocycles. The van der Waals surface area contributed by atoms with Crippen LogP contribution in [0.5, 0.6) is 0 Å². The van der Waals surface area contributed by atoms with Crippen LogP contribution in [-0.2, 0) is 14.8 Å². The minimum atomic E-state index is -3.47. The van der Waals surface area contributed by atoms with Gasteiger partial charge in [-0.15, -0.1) is 0 Å². The van der Waals surface area contributed by atoms with Crippen LogP contribution in [0.1, 0.15) is 25.3 Å². The third-order valence-electron chi connectivity index (χ3n) is 3.31. The summed E-state index contributed by atoms with van der Waals surface area (Å²) in [5, 5.41) is 0. The molecule has 0 saturated heterocycles. The van der Waals surface area contributed by atoms with Gasteiger partial charge in [0.05, 0.1) is 11.0 Å². The van der Waals surface area contributed by atoms with Crippen LogP contribution in [0, 0.1) is 6.92 Å². The van der Waals surface area contributed by atoms with Gasteiger partial charge in [0, 0.05) is 18.3 Å². The van der Waals surface area contributed by atoms with Crippen LogP contribution in [0.15, 0.2) is 23.1 Å². The molecule has 3 N–H and O–H groups in total.